The van der Waals surface area contributed by atoms with Crippen molar-refractivity contribution in [3.05, 3.63) is 71.0 Å². The molecule has 3 rings (SSSR count). The molecule has 0 heterocycles. The zero-order chi connectivity index (χ0) is 21.8. The van der Waals surface area contributed by atoms with Gasteiger partial charge in [0.25, 0.3) is 0 Å². The number of alkyl halides is 3. The molecule has 1 fully saturated rings. The lowest BCUT2D eigenvalue weighted by Crippen LogP contribution is -2.22. The number of carboxylic acid groups (broad SMARTS) is 1. The van der Waals surface area contributed by atoms with Gasteiger partial charge in [-0.05, 0) is 48.7 Å². The van der Waals surface area contributed by atoms with Crippen LogP contribution in [-0.4, -0.2) is 22.8 Å². The summed E-state index contributed by atoms with van der Waals surface area (Å²) in [6.07, 6.45) is -4.51. The average Bonchev–Trinajstić information content (AvgIpc) is 3.42. The highest BCUT2D eigenvalue weighted by Crippen LogP contribution is 2.52. The van der Waals surface area contributed by atoms with Gasteiger partial charge in [-0.15, -0.1) is 0 Å². The van der Waals surface area contributed by atoms with Crippen molar-refractivity contribution in [3.8, 4) is 0 Å². The molecule has 1 amide bonds. The van der Waals surface area contributed by atoms with E-state index in [1.165, 1.54) is 0 Å². The predicted molar refractivity (Wildman–Crippen MR) is 94.5 cm³/mol. The molecule has 0 bridgehead atoms. The first-order chi connectivity index (χ1) is 13.5. The van der Waals surface area contributed by atoms with Crippen LogP contribution in [0.1, 0.15) is 40.7 Å². The van der Waals surface area contributed by atoms with Gasteiger partial charge < -0.3 is 10.8 Å². The Balaban J connectivity index is 0.000000278. The molecule has 0 aromatic heterocycles. The first kappa shape index (κ1) is 22.1. The summed E-state index contributed by atoms with van der Waals surface area (Å²) < 4.78 is 51.6. The van der Waals surface area contributed by atoms with Gasteiger partial charge >= 0.3 is 12.1 Å². The third-order valence-corrected chi connectivity index (χ3v) is 4.51. The van der Waals surface area contributed by atoms with Crippen LogP contribution in [0.25, 0.3) is 0 Å². The van der Waals surface area contributed by atoms with Crippen LogP contribution in [0.3, 0.4) is 0 Å². The van der Waals surface area contributed by atoms with Gasteiger partial charge in [0.1, 0.15) is 5.82 Å². The normalized spacial score (nSPS) is 14.3. The number of carbonyl (C=O) groups excluding carboxylic acids is 2. The fourth-order valence-electron chi connectivity index (χ4n) is 2.79. The number of carbonyl (C=O) groups is 3. The van der Waals surface area contributed by atoms with Crippen LogP contribution in [0.2, 0.25) is 0 Å². The minimum Gasteiger partial charge on any atom is -0.476 e. The lowest BCUT2D eigenvalue weighted by molar-refractivity contribution is -0.149. The molecule has 9 heteroatoms. The summed E-state index contributed by atoms with van der Waals surface area (Å²) in [5.41, 5.74) is 3.17. The van der Waals surface area contributed by atoms with E-state index < -0.39 is 41.1 Å². The van der Waals surface area contributed by atoms with E-state index in [0.29, 0.717) is 36.6 Å². The van der Waals surface area contributed by atoms with Crippen LogP contribution in [-0.2, 0) is 21.2 Å². The molecule has 0 aliphatic heterocycles. The second-order valence-electron chi connectivity index (χ2n) is 6.61. The Morgan fingerprint density at radius 1 is 1.03 bits per heavy atom. The maximum atomic E-state index is 13.7. The third-order valence-electron chi connectivity index (χ3n) is 4.51. The fourth-order valence-corrected chi connectivity index (χ4v) is 2.79. The van der Waals surface area contributed by atoms with Crippen LogP contribution in [0.15, 0.2) is 48.5 Å². The Labute approximate surface area is 163 Å². The summed E-state index contributed by atoms with van der Waals surface area (Å²) >= 11 is 0. The van der Waals surface area contributed by atoms with Crippen LogP contribution >= 0.6 is 0 Å². The van der Waals surface area contributed by atoms with Crippen LogP contribution in [0, 0.1) is 5.82 Å². The number of Topliss-reactive ketones (excluding diaryl/α,β-unsaturated/α-hetero) is 1. The van der Waals surface area contributed by atoms with E-state index in [-0.39, 0.29) is 11.5 Å². The number of amides is 1. The highest BCUT2D eigenvalue weighted by atomic mass is 19.4. The molecule has 154 valence electrons. The highest BCUT2D eigenvalue weighted by molar-refractivity contribution is 6.33. The molecule has 1 saturated carbocycles. The molecule has 0 saturated heterocycles. The minimum atomic E-state index is -4.62. The Morgan fingerprint density at radius 3 is 2.03 bits per heavy atom. The largest absolute Gasteiger partial charge is 0.476 e. The SMILES string of the molecule is NC(=O)c1ccccc1.O=C(O)C(=O)CC1(c2cc(C(F)(F)F)ccc2F)CC1. The van der Waals surface area contributed by atoms with Gasteiger partial charge in [0.2, 0.25) is 11.7 Å². The van der Waals surface area contributed by atoms with E-state index in [0.717, 1.165) is 0 Å². The number of carboxylic acids is 1. The van der Waals surface area contributed by atoms with E-state index >= 15 is 0 Å². The molecule has 0 radical (unpaired) electrons. The van der Waals surface area contributed by atoms with Gasteiger partial charge in [0.15, 0.2) is 0 Å². The molecular weight excluding hydrogens is 394 g/mol. The second-order valence-corrected chi connectivity index (χ2v) is 6.61. The van der Waals surface area contributed by atoms with Crippen molar-refractivity contribution in [2.45, 2.75) is 30.9 Å². The lowest BCUT2D eigenvalue weighted by Gasteiger charge is -2.17. The highest BCUT2D eigenvalue weighted by Gasteiger charge is 2.49. The number of hydrogen-bond donors (Lipinski definition) is 2. The maximum Gasteiger partial charge on any atom is 0.416 e. The van der Waals surface area contributed by atoms with Gasteiger partial charge in [-0.1, -0.05) is 18.2 Å². The summed E-state index contributed by atoms with van der Waals surface area (Å²) in [5, 5.41) is 8.55. The Bertz CT molecular complexity index is 922. The fraction of sp³-hybridized carbons (Fsp3) is 0.250. The van der Waals surface area contributed by atoms with Crippen molar-refractivity contribution >= 4 is 17.7 Å². The summed E-state index contributed by atoms with van der Waals surface area (Å²) in [4.78, 5) is 32.2. The Kier molecular flexibility index (Phi) is 6.41. The van der Waals surface area contributed by atoms with Crippen LogP contribution in [0.5, 0.6) is 0 Å². The van der Waals surface area contributed by atoms with Crippen LogP contribution in [0.4, 0.5) is 17.6 Å². The second kappa shape index (κ2) is 8.42. The van der Waals surface area contributed by atoms with Gasteiger partial charge in [0, 0.05) is 17.4 Å². The van der Waals surface area contributed by atoms with Crippen molar-refractivity contribution in [1.29, 1.82) is 0 Å². The predicted octanol–water partition coefficient (Wildman–Crippen LogP) is 3.71. The van der Waals surface area contributed by atoms with E-state index in [2.05, 4.69) is 0 Å². The number of nitrogens with two attached hydrogens (primary N) is 1. The topological polar surface area (TPSA) is 97.5 Å². The van der Waals surface area contributed by atoms with Crippen LogP contribution < -0.4 is 5.73 Å². The number of halogens is 4. The molecule has 5 nitrogen and oxygen atoms in total. The average molecular weight is 411 g/mol. The van der Waals surface area contributed by atoms with Gasteiger partial charge in [-0.3, -0.25) is 9.59 Å². The standard InChI is InChI=1S/C13H10F4O3.C7H7NO/c14-9-2-1-7(13(15,16)17)5-8(9)12(3-4-12)6-10(18)11(19)20;8-7(9)6-4-2-1-3-5-6/h1-2,5H,3-4,6H2,(H,19,20);1-5H,(H2,8,9). The monoisotopic (exact) mass is 411 g/mol. The smallest absolute Gasteiger partial charge is 0.416 e. The zero-order valence-corrected chi connectivity index (χ0v) is 15.0. The first-order valence-corrected chi connectivity index (χ1v) is 8.44. The molecule has 2 aromatic carbocycles. The minimum absolute atomic E-state index is 0.234. The van der Waals surface area contributed by atoms with Crippen molar-refractivity contribution in [2.75, 3.05) is 0 Å². The van der Waals surface area contributed by atoms with Gasteiger partial charge in [0.05, 0.1) is 5.56 Å². The summed E-state index contributed by atoms with van der Waals surface area (Å²) in [5.74, 6) is -4.02. The Morgan fingerprint density at radius 2 is 1.62 bits per heavy atom. The summed E-state index contributed by atoms with van der Waals surface area (Å²) in [6, 6.07) is 10.7. The van der Waals surface area contributed by atoms with Crippen molar-refractivity contribution < 1.29 is 37.1 Å². The zero-order valence-electron chi connectivity index (χ0n) is 15.0. The lowest BCUT2D eigenvalue weighted by atomic mass is 9.89. The molecule has 0 spiro atoms. The first-order valence-electron chi connectivity index (χ1n) is 8.44. The Hall–Kier alpha value is -3.23. The number of ketones is 1. The van der Waals surface area contributed by atoms with Crippen molar-refractivity contribution in [3.63, 3.8) is 0 Å². The summed E-state index contributed by atoms with van der Waals surface area (Å²) in [7, 11) is 0. The number of benzene rings is 2. The van der Waals surface area contributed by atoms with E-state index in [1.54, 1.807) is 24.3 Å². The maximum absolute atomic E-state index is 13.7. The number of primary amides is 1. The molecule has 0 atom stereocenters. The van der Waals surface area contributed by atoms with Gasteiger partial charge in [-0.25, -0.2) is 9.18 Å². The van der Waals surface area contributed by atoms with Crippen molar-refractivity contribution in [2.24, 2.45) is 5.73 Å². The third kappa shape index (κ3) is 5.63. The van der Waals surface area contributed by atoms with Crippen molar-refractivity contribution in [1.82, 2.24) is 0 Å². The number of rotatable bonds is 5. The number of aliphatic carboxylic acids is 1. The van der Waals surface area contributed by atoms with E-state index in [4.69, 9.17) is 10.8 Å². The molecule has 1 aliphatic carbocycles. The molecular formula is C20H17F4NO4. The molecule has 0 unspecified atom stereocenters. The molecule has 29 heavy (non-hydrogen) atoms. The quantitative estimate of drug-likeness (QED) is 0.579. The molecule has 1 aliphatic rings. The molecule has 2 aromatic rings. The summed E-state index contributed by atoms with van der Waals surface area (Å²) in [6.45, 7) is 0. The van der Waals surface area contributed by atoms with Gasteiger partial charge in [-0.2, -0.15) is 13.2 Å². The molecule has 3 N–H and O–H groups in total. The van der Waals surface area contributed by atoms with E-state index in [1.807, 2.05) is 6.07 Å². The number of hydrogen-bond acceptors (Lipinski definition) is 3. The van der Waals surface area contributed by atoms with E-state index in [9.17, 15) is 31.9 Å².